The lowest BCUT2D eigenvalue weighted by atomic mass is 10.0. The molecule has 67 heavy (non-hydrogen) atoms. The predicted molar refractivity (Wildman–Crippen MR) is 255 cm³/mol. The molecule has 4 N–H and O–H groups in total. The fourth-order valence-electron chi connectivity index (χ4n) is 10.7. The number of anilines is 1. The lowest BCUT2D eigenvalue weighted by molar-refractivity contribution is -0.136. The lowest BCUT2D eigenvalue weighted by Crippen LogP contribution is -2.51. The summed E-state index contributed by atoms with van der Waals surface area (Å²) < 4.78 is 6.86. The third kappa shape index (κ3) is 9.37. The monoisotopic (exact) mass is 909 g/mol. The van der Waals surface area contributed by atoms with E-state index in [1.54, 1.807) is 11.1 Å². The number of benzene rings is 3. The topological polar surface area (TPSA) is 178 Å². The number of nitrogens with one attached hydrogen (secondary N) is 3. The number of carbonyl (C=O) groups excluding carboxylic acids is 3. The summed E-state index contributed by atoms with van der Waals surface area (Å²) in [5, 5.41) is 14.6. The summed E-state index contributed by atoms with van der Waals surface area (Å²) in [6.07, 6.45) is 11.4. The highest BCUT2D eigenvalue weighted by Crippen LogP contribution is 2.48. The first-order valence-electron chi connectivity index (χ1n) is 24.0. The second kappa shape index (κ2) is 19.3. The Bertz CT molecular complexity index is 2550. The number of H-pyrrole nitrogens is 1. The van der Waals surface area contributed by atoms with Crippen LogP contribution in [0.15, 0.2) is 91.4 Å². The highest BCUT2D eigenvalue weighted by molar-refractivity contribution is 5.87. The quantitative estimate of drug-likeness (QED) is 0.0846. The molecule has 0 spiro atoms. The van der Waals surface area contributed by atoms with Gasteiger partial charge in [0.25, 0.3) is 0 Å². The number of amides is 4. The predicted octanol–water partition coefficient (Wildman–Crippen LogP) is 9.22. The number of carbonyl (C=O) groups is 4. The number of rotatable bonds is 14. The summed E-state index contributed by atoms with van der Waals surface area (Å²) >= 11 is 0. The van der Waals surface area contributed by atoms with Crippen LogP contribution < -0.4 is 15.5 Å². The van der Waals surface area contributed by atoms with Crippen molar-refractivity contribution in [2.45, 2.75) is 121 Å². The van der Waals surface area contributed by atoms with E-state index in [1.165, 1.54) is 42.3 Å². The smallest absolute Gasteiger partial charge is 0.407 e. The molecule has 4 amide bonds. The van der Waals surface area contributed by atoms with Crippen molar-refractivity contribution in [2.24, 2.45) is 11.8 Å². The number of aromatic nitrogens is 4. The summed E-state index contributed by atoms with van der Waals surface area (Å²) in [6, 6.07) is 25.0. The zero-order valence-corrected chi connectivity index (χ0v) is 39.1. The molecule has 352 valence electrons. The first-order valence-corrected chi connectivity index (χ1v) is 24.0. The SMILES string of the molecule is COC(=O)N[C@H](C(=O)N1CCC[C@H]1c1ncc(-c2ccc([C@H]3CC[C@H](c4ccc(-n5ccnc5[C@@H]5CCCN5C(=O)[C@@H](NC(=O)O)C(C)C)cc4)N3c3ccc(C4CC4)cc3)cc2)[nH]1)C(C)C. The van der Waals surface area contributed by atoms with Gasteiger partial charge in [-0.3, -0.25) is 9.59 Å². The van der Waals surface area contributed by atoms with Gasteiger partial charge in [0, 0.05) is 36.9 Å². The van der Waals surface area contributed by atoms with Gasteiger partial charge in [-0.2, -0.15) is 0 Å². The second-order valence-corrected chi connectivity index (χ2v) is 19.3. The Morgan fingerprint density at radius 1 is 0.672 bits per heavy atom. The molecule has 2 aromatic heterocycles. The summed E-state index contributed by atoms with van der Waals surface area (Å²) in [6.45, 7) is 8.68. The van der Waals surface area contributed by atoms with Gasteiger partial charge in [-0.05, 0) is 116 Å². The van der Waals surface area contributed by atoms with Crippen molar-refractivity contribution in [1.82, 2.24) is 40.0 Å². The number of hydrogen-bond acceptors (Lipinski definition) is 8. The molecule has 1 aliphatic carbocycles. The first-order chi connectivity index (χ1) is 32.4. The normalized spacial score (nSPS) is 21.5. The molecule has 15 nitrogen and oxygen atoms in total. The minimum absolute atomic E-state index is 0.111. The zero-order valence-electron chi connectivity index (χ0n) is 39.1. The number of ether oxygens (including phenoxy) is 1. The average Bonchev–Trinajstić information content (AvgIpc) is 3.94. The number of carboxylic acid groups (broad SMARTS) is 1. The molecule has 1 saturated carbocycles. The highest BCUT2D eigenvalue weighted by Gasteiger charge is 2.40. The number of methoxy groups -OCH3 is 1. The maximum Gasteiger partial charge on any atom is 0.407 e. The second-order valence-electron chi connectivity index (χ2n) is 19.3. The first kappa shape index (κ1) is 45.5. The van der Waals surface area contributed by atoms with Crippen LogP contribution in [-0.2, 0) is 14.3 Å². The van der Waals surface area contributed by atoms with E-state index in [9.17, 15) is 24.3 Å². The Labute approximate surface area is 392 Å². The highest BCUT2D eigenvalue weighted by atomic mass is 16.5. The van der Waals surface area contributed by atoms with Gasteiger partial charge >= 0.3 is 12.2 Å². The number of likely N-dealkylation sites (tertiary alicyclic amines) is 2. The molecule has 3 aromatic carbocycles. The lowest BCUT2D eigenvalue weighted by Gasteiger charge is -2.33. The van der Waals surface area contributed by atoms with Gasteiger partial charge < -0.3 is 44.7 Å². The molecular weight excluding hydrogens is 847 g/mol. The van der Waals surface area contributed by atoms with Crippen molar-refractivity contribution in [3.63, 3.8) is 0 Å². The summed E-state index contributed by atoms with van der Waals surface area (Å²) in [5.41, 5.74) is 7.90. The van der Waals surface area contributed by atoms with Gasteiger partial charge in [-0.25, -0.2) is 19.6 Å². The Balaban J connectivity index is 0.938. The van der Waals surface area contributed by atoms with Crippen LogP contribution in [0.25, 0.3) is 16.9 Å². The van der Waals surface area contributed by atoms with Crippen LogP contribution >= 0.6 is 0 Å². The van der Waals surface area contributed by atoms with Crippen LogP contribution in [0.5, 0.6) is 0 Å². The van der Waals surface area contributed by atoms with Crippen molar-refractivity contribution in [1.29, 1.82) is 0 Å². The zero-order chi connectivity index (χ0) is 46.9. The molecular formula is C52H63N9O6. The number of alkyl carbamates (subject to hydrolysis) is 1. The molecule has 15 heteroatoms. The Morgan fingerprint density at radius 2 is 1.22 bits per heavy atom. The van der Waals surface area contributed by atoms with Gasteiger partial charge in [0.2, 0.25) is 11.8 Å². The van der Waals surface area contributed by atoms with Gasteiger partial charge in [0.05, 0.1) is 43.2 Å². The Morgan fingerprint density at radius 3 is 1.81 bits per heavy atom. The van der Waals surface area contributed by atoms with Crippen molar-refractivity contribution in [3.8, 4) is 16.9 Å². The molecule has 5 heterocycles. The van der Waals surface area contributed by atoms with Crippen molar-refractivity contribution in [2.75, 3.05) is 25.1 Å². The van der Waals surface area contributed by atoms with E-state index in [0.717, 1.165) is 67.1 Å². The van der Waals surface area contributed by atoms with E-state index in [2.05, 4.69) is 97.9 Å². The van der Waals surface area contributed by atoms with Crippen molar-refractivity contribution in [3.05, 3.63) is 120 Å². The molecule has 9 rings (SSSR count). The van der Waals surface area contributed by atoms with Crippen LogP contribution in [0.4, 0.5) is 15.3 Å². The summed E-state index contributed by atoms with van der Waals surface area (Å²) in [7, 11) is 1.30. The molecule has 0 radical (unpaired) electrons. The molecule has 6 atom stereocenters. The average molecular weight is 910 g/mol. The minimum Gasteiger partial charge on any atom is -0.465 e. The number of aromatic amines is 1. The van der Waals surface area contributed by atoms with Gasteiger partial charge in [0.1, 0.15) is 23.7 Å². The summed E-state index contributed by atoms with van der Waals surface area (Å²) in [5.74, 6) is 1.51. The molecule has 3 aliphatic heterocycles. The van der Waals surface area contributed by atoms with Crippen molar-refractivity contribution >= 4 is 29.7 Å². The van der Waals surface area contributed by atoms with Gasteiger partial charge in [0.15, 0.2) is 0 Å². The van der Waals surface area contributed by atoms with Crippen LogP contribution in [0, 0.1) is 11.8 Å². The largest absolute Gasteiger partial charge is 0.465 e. The number of hydrogen-bond donors (Lipinski definition) is 4. The standard InChI is InChI=1S/C52H63N9O6/c1-31(2)45(56-51(64)65)49(62)60-28-7-9-44(60)48-53-26-29-58(48)38-20-18-37(19-21-38)42-25-24-41(61(42)39-22-16-34(17-23-39)33-10-11-33)36-14-12-35(13-15-36)40-30-54-47(55-40)43-8-6-27-59(43)50(63)46(32(3)4)57-52(66)67-5/h12-23,26,29-33,41-46,56H,6-11,24-25,27-28H2,1-5H3,(H,54,55)(H,57,66)(H,64,65)/t41-,42-,43+,44+,45+,46+/m1/s1. The fourth-order valence-corrected chi connectivity index (χ4v) is 10.7. The number of imidazole rings is 2. The van der Waals surface area contributed by atoms with E-state index in [0.29, 0.717) is 19.0 Å². The molecule has 0 unspecified atom stereocenters. The fraction of sp³-hybridized carbons (Fsp3) is 0.462. The third-order valence-corrected chi connectivity index (χ3v) is 14.3. The van der Waals surface area contributed by atoms with E-state index in [4.69, 9.17) is 14.7 Å². The maximum atomic E-state index is 13.8. The summed E-state index contributed by atoms with van der Waals surface area (Å²) in [4.78, 5) is 70.4. The molecule has 5 aromatic rings. The minimum atomic E-state index is -1.21. The van der Waals surface area contributed by atoms with Crippen LogP contribution in [0.1, 0.15) is 137 Å². The molecule has 0 bridgehead atoms. The van der Waals surface area contributed by atoms with Gasteiger partial charge in [-0.1, -0.05) is 76.2 Å². The molecule has 4 aliphatic rings. The third-order valence-electron chi connectivity index (χ3n) is 14.3. The van der Waals surface area contributed by atoms with Crippen LogP contribution in [0.3, 0.4) is 0 Å². The Kier molecular flexibility index (Phi) is 13.1. The van der Waals surface area contributed by atoms with Crippen LogP contribution in [0.2, 0.25) is 0 Å². The van der Waals surface area contributed by atoms with E-state index < -0.39 is 24.3 Å². The van der Waals surface area contributed by atoms with E-state index in [-0.39, 0.29) is 47.8 Å². The van der Waals surface area contributed by atoms with Crippen LogP contribution in [-0.4, -0.2) is 90.7 Å². The van der Waals surface area contributed by atoms with Crippen molar-refractivity contribution < 1.29 is 29.0 Å². The molecule has 4 fully saturated rings. The van der Waals surface area contributed by atoms with E-state index in [1.807, 2.05) is 45.0 Å². The molecule has 3 saturated heterocycles. The van der Waals surface area contributed by atoms with Gasteiger partial charge in [-0.15, -0.1) is 0 Å². The van der Waals surface area contributed by atoms with E-state index >= 15 is 0 Å². The number of nitrogens with zero attached hydrogens (tertiary/aromatic N) is 6. The Hall–Kier alpha value is -6.64. The maximum absolute atomic E-state index is 13.8.